The number of rotatable bonds is 6. The lowest BCUT2D eigenvalue weighted by Gasteiger charge is -2.42. The summed E-state index contributed by atoms with van der Waals surface area (Å²) in [6, 6.07) is 5.87. The quantitative estimate of drug-likeness (QED) is 0.691. The molecule has 2 heterocycles. The van der Waals surface area contributed by atoms with Gasteiger partial charge in [-0.2, -0.15) is 0 Å². The first-order valence-electron chi connectivity index (χ1n) is 9.67. The normalized spacial score (nSPS) is 25.6. The van der Waals surface area contributed by atoms with Crippen molar-refractivity contribution in [2.45, 2.75) is 31.8 Å². The number of benzene rings is 1. The summed E-state index contributed by atoms with van der Waals surface area (Å²) in [4.78, 5) is 40.6. The van der Waals surface area contributed by atoms with Crippen LogP contribution < -0.4 is 15.5 Å². The first-order chi connectivity index (χ1) is 13.7. The Morgan fingerprint density at radius 2 is 2.14 bits per heavy atom. The molecule has 2 N–H and O–H groups in total. The number of carbonyl (C=O) groups excluding carboxylic acids is 3. The number of hydrogen-bond acceptors (Lipinski definition) is 5. The molecule has 1 aromatic rings. The number of urea groups is 1. The highest BCUT2D eigenvalue weighted by molar-refractivity contribution is 6.07. The molecule has 1 aromatic carbocycles. The van der Waals surface area contributed by atoms with E-state index in [1.54, 1.807) is 17.9 Å². The number of ether oxygens (including phenoxy) is 1. The molecule has 0 aliphatic carbocycles. The highest BCUT2D eigenvalue weighted by atomic mass is 19.1. The molecule has 2 unspecified atom stereocenters. The summed E-state index contributed by atoms with van der Waals surface area (Å²) in [7, 11) is 1.50. The van der Waals surface area contributed by atoms with Gasteiger partial charge in [-0.1, -0.05) is 6.07 Å². The summed E-state index contributed by atoms with van der Waals surface area (Å²) >= 11 is 0. The SMILES string of the molecule is COCC(CC1(C)NC(=O)NC1=O)C(=O)N1CCN(c2cccc(F)c2)[C@@H](C)C1. The molecule has 3 atom stereocenters. The zero-order chi connectivity index (χ0) is 21.2. The number of halogens is 1. The molecule has 3 rings (SSSR count). The molecule has 0 aromatic heterocycles. The molecule has 2 fully saturated rings. The van der Waals surface area contributed by atoms with Crippen molar-refractivity contribution < 1.29 is 23.5 Å². The van der Waals surface area contributed by atoms with Gasteiger partial charge < -0.3 is 19.9 Å². The van der Waals surface area contributed by atoms with Crippen LogP contribution in [0.2, 0.25) is 0 Å². The second kappa shape index (κ2) is 8.36. The number of methoxy groups -OCH3 is 1. The zero-order valence-electron chi connectivity index (χ0n) is 16.9. The standard InChI is InChI=1S/C20H27FN4O4/c1-13-11-24(7-8-25(13)16-6-4-5-15(21)9-16)17(26)14(12-29-3)10-20(2)18(27)22-19(28)23-20/h4-6,9,13-14H,7-8,10-12H2,1-3H3,(H2,22,23,27,28)/t13-,14?,20?/m0/s1. The Hall–Kier alpha value is -2.68. The van der Waals surface area contributed by atoms with Gasteiger partial charge in [0.15, 0.2) is 0 Å². The van der Waals surface area contributed by atoms with E-state index in [9.17, 15) is 18.8 Å². The average Bonchev–Trinajstić information content (AvgIpc) is 2.92. The van der Waals surface area contributed by atoms with Crippen LogP contribution in [0.25, 0.3) is 0 Å². The van der Waals surface area contributed by atoms with Crippen molar-refractivity contribution in [3.8, 4) is 0 Å². The zero-order valence-corrected chi connectivity index (χ0v) is 16.9. The Bertz CT molecular complexity index is 804. The summed E-state index contributed by atoms with van der Waals surface area (Å²) in [6.07, 6.45) is 0.149. The van der Waals surface area contributed by atoms with Gasteiger partial charge in [0.2, 0.25) is 5.91 Å². The molecule has 8 nitrogen and oxygen atoms in total. The van der Waals surface area contributed by atoms with Crippen molar-refractivity contribution in [1.82, 2.24) is 15.5 Å². The van der Waals surface area contributed by atoms with Crippen LogP contribution >= 0.6 is 0 Å². The van der Waals surface area contributed by atoms with Crippen molar-refractivity contribution in [3.05, 3.63) is 30.1 Å². The van der Waals surface area contributed by atoms with E-state index in [0.717, 1.165) is 5.69 Å². The lowest BCUT2D eigenvalue weighted by molar-refractivity contribution is -0.139. The van der Waals surface area contributed by atoms with E-state index in [1.807, 2.05) is 13.0 Å². The third kappa shape index (κ3) is 4.50. The van der Waals surface area contributed by atoms with Crippen LogP contribution in [0.1, 0.15) is 20.3 Å². The number of nitrogens with zero attached hydrogens (tertiary/aromatic N) is 2. The van der Waals surface area contributed by atoms with Gasteiger partial charge in [-0.05, 0) is 38.5 Å². The Morgan fingerprint density at radius 1 is 1.38 bits per heavy atom. The van der Waals surface area contributed by atoms with Crippen molar-refractivity contribution in [2.24, 2.45) is 5.92 Å². The second-order valence-electron chi connectivity index (χ2n) is 7.90. The van der Waals surface area contributed by atoms with Crippen LogP contribution in [0.5, 0.6) is 0 Å². The Labute approximate surface area is 169 Å². The molecule has 29 heavy (non-hydrogen) atoms. The van der Waals surface area contributed by atoms with E-state index >= 15 is 0 Å². The number of nitrogens with one attached hydrogen (secondary N) is 2. The summed E-state index contributed by atoms with van der Waals surface area (Å²) in [5.41, 5.74) is -0.360. The predicted molar refractivity (Wildman–Crippen MR) is 105 cm³/mol. The first-order valence-corrected chi connectivity index (χ1v) is 9.67. The monoisotopic (exact) mass is 406 g/mol. The molecule has 0 spiro atoms. The lowest BCUT2D eigenvalue weighted by Crippen LogP contribution is -2.56. The van der Waals surface area contributed by atoms with Crippen LogP contribution in [0, 0.1) is 11.7 Å². The topological polar surface area (TPSA) is 91.0 Å². The number of amides is 4. The fraction of sp³-hybridized carbons (Fsp3) is 0.550. The molecule has 2 aliphatic rings. The molecule has 2 aliphatic heterocycles. The third-order valence-electron chi connectivity index (χ3n) is 5.57. The minimum Gasteiger partial charge on any atom is -0.384 e. The number of piperazine rings is 1. The van der Waals surface area contributed by atoms with Crippen LogP contribution in [0.15, 0.2) is 24.3 Å². The second-order valence-corrected chi connectivity index (χ2v) is 7.90. The summed E-state index contributed by atoms with van der Waals surface area (Å²) in [5, 5.41) is 4.82. The van der Waals surface area contributed by atoms with Gasteiger partial charge >= 0.3 is 6.03 Å². The van der Waals surface area contributed by atoms with Crippen molar-refractivity contribution >= 4 is 23.5 Å². The molecule has 9 heteroatoms. The molecule has 4 amide bonds. The number of imide groups is 1. The van der Waals surface area contributed by atoms with E-state index in [4.69, 9.17) is 4.74 Å². The highest BCUT2D eigenvalue weighted by Gasteiger charge is 2.45. The van der Waals surface area contributed by atoms with Gasteiger partial charge in [-0.15, -0.1) is 0 Å². The number of carbonyl (C=O) groups is 3. The summed E-state index contributed by atoms with van der Waals surface area (Å²) < 4.78 is 18.8. The molecule has 0 radical (unpaired) electrons. The van der Waals surface area contributed by atoms with Crippen molar-refractivity contribution in [2.75, 3.05) is 38.3 Å². The fourth-order valence-electron chi connectivity index (χ4n) is 4.09. The van der Waals surface area contributed by atoms with Gasteiger partial charge in [0.1, 0.15) is 11.4 Å². The molecular formula is C20H27FN4O4. The maximum Gasteiger partial charge on any atom is 0.322 e. The Balaban J connectivity index is 1.68. The Morgan fingerprint density at radius 3 is 2.72 bits per heavy atom. The summed E-state index contributed by atoms with van der Waals surface area (Å²) in [5.74, 6) is -1.42. The molecule has 158 valence electrons. The molecule has 2 saturated heterocycles. The van der Waals surface area contributed by atoms with Gasteiger partial charge in [-0.25, -0.2) is 9.18 Å². The number of hydrogen-bond donors (Lipinski definition) is 2. The predicted octanol–water partition coefficient (Wildman–Crippen LogP) is 1.11. The molecular weight excluding hydrogens is 379 g/mol. The smallest absolute Gasteiger partial charge is 0.322 e. The van der Waals surface area contributed by atoms with Crippen LogP contribution in [0.3, 0.4) is 0 Å². The fourth-order valence-corrected chi connectivity index (χ4v) is 4.09. The molecule has 0 saturated carbocycles. The van der Waals surface area contributed by atoms with E-state index in [2.05, 4.69) is 15.5 Å². The summed E-state index contributed by atoms with van der Waals surface area (Å²) in [6.45, 7) is 5.27. The molecule has 0 bridgehead atoms. The third-order valence-corrected chi connectivity index (χ3v) is 5.57. The maximum atomic E-state index is 13.6. The Kier molecular flexibility index (Phi) is 6.07. The first kappa shape index (κ1) is 21.0. The van der Waals surface area contributed by atoms with Crippen LogP contribution in [0.4, 0.5) is 14.9 Å². The lowest BCUT2D eigenvalue weighted by atomic mass is 9.88. The highest BCUT2D eigenvalue weighted by Crippen LogP contribution is 2.26. The van der Waals surface area contributed by atoms with Crippen LogP contribution in [-0.2, 0) is 14.3 Å². The van der Waals surface area contributed by atoms with E-state index in [-0.39, 0.29) is 30.8 Å². The van der Waals surface area contributed by atoms with E-state index in [1.165, 1.54) is 19.2 Å². The van der Waals surface area contributed by atoms with Gasteiger partial charge in [0.25, 0.3) is 5.91 Å². The van der Waals surface area contributed by atoms with E-state index < -0.39 is 23.4 Å². The van der Waals surface area contributed by atoms with Gasteiger partial charge in [0.05, 0.1) is 12.5 Å². The average molecular weight is 406 g/mol. The van der Waals surface area contributed by atoms with Gasteiger partial charge in [0, 0.05) is 38.5 Å². The van der Waals surface area contributed by atoms with Crippen LogP contribution in [-0.4, -0.2) is 67.7 Å². The maximum absolute atomic E-state index is 13.6. The van der Waals surface area contributed by atoms with Crippen molar-refractivity contribution in [1.29, 1.82) is 0 Å². The van der Waals surface area contributed by atoms with Gasteiger partial charge in [-0.3, -0.25) is 14.9 Å². The minimum atomic E-state index is -1.15. The number of anilines is 1. The van der Waals surface area contributed by atoms with Crippen molar-refractivity contribution in [3.63, 3.8) is 0 Å². The minimum absolute atomic E-state index is 0.00256. The van der Waals surface area contributed by atoms with E-state index in [0.29, 0.717) is 19.6 Å². The largest absolute Gasteiger partial charge is 0.384 e.